The molecule has 0 amide bonds. The minimum atomic E-state index is 0.162. The molecule has 88 valence electrons. The van der Waals surface area contributed by atoms with Crippen molar-refractivity contribution < 1.29 is 5.11 Å². The maximum atomic E-state index is 8.97. The van der Waals surface area contributed by atoms with Gasteiger partial charge in [0.25, 0.3) is 0 Å². The van der Waals surface area contributed by atoms with E-state index in [2.05, 4.69) is 25.1 Å². The maximum absolute atomic E-state index is 8.97. The van der Waals surface area contributed by atoms with Gasteiger partial charge in [-0.15, -0.1) is 0 Å². The lowest BCUT2D eigenvalue weighted by atomic mass is 9.98. The van der Waals surface area contributed by atoms with Gasteiger partial charge >= 0.3 is 0 Å². The van der Waals surface area contributed by atoms with Crippen LogP contribution in [-0.4, -0.2) is 11.7 Å². The van der Waals surface area contributed by atoms with Crippen LogP contribution >= 0.6 is 11.6 Å². The first-order valence-electron chi connectivity index (χ1n) is 5.67. The van der Waals surface area contributed by atoms with Gasteiger partial charge in [-0.1, -0.05) is 41.9 Å². The topological polar surface area (TPSA) is 20.2 Å². The van der Waals surface area contributed by atoms with Crippen molar-refractivity contribution >= 4 is 11.6 Å². The third-order valence-corrected chi connectivity index (χ3v) is 3.20. The highest BCUT2D eigenvalue weighted by Crippen LogP contribution is 2.31. The number of halogens is 1. The van der Waals surface area contributed by atoms with Crippen LogP contribution in [-0.2, 0) is 6.42 Å². The second-order valence-electron chi connectivity index (χ2n) is 4.10. The molecule has 2 aromatic carbocycles. The van der Waals surface area contributed by atoms with E-state index in [0.717, 1.165) is 21.7 Å². The van der Waals surface area contributed by atoms with E-state index in [0.29, 0.717) is 6.42 Å². The van der Waals surface area contributed by atoms with Gasteiger partial charge in [0.2, 0.25) is 0 Å². The van der Waals surface area contributed by atoms with Gasteiger partial charge in [0.05, 0.1) is 0 Å². The number of hydrogen-bond donors (Lipinski definition) is 1. The third-order valence-electron chi connectivity index (χ3n) is 2.87. The van der Waals surface area contributed by atoms with Gasteiger partial charge < -0.3 is 5.11 Å². The molecule has 0 saturated carbocycles. The molecule has 0 fully saturated rings. The van der Waals surface area contributed by atoms with Crippen LogP contribution in [0, 0.1) is 6.92 Å². The van der Waals surface area contributed by atoms with Crippen LogP contribution in [0.4, 0.5) is 0 Å². The molecule has 2 aromatic rings. The Bertz CT molecular complexity index is 520. The number of benzene rings is 2. The predicted molar refractivity (Wildman–Crippen MR) is 72.4 cm³/mol. The lowest BCUT2D eigenvalue weighted by Crippen LogP contribution is -1.92. The summed E-state index contributed by atoms with van der Waals surface area (Å²) < 4.78 is 0. The van der Waals surface area contributed by atoms with Crippen molar-refractivity contribution in [2.45, 2.75) is 13.3 Å². The van der Waals surface area contributed by atoms with Gasteiger partial charge in [0.15, 0.2) is 0 Å². The summed E-state index contributed by atoms with van der Waals surface area (Å²) in [6.45, 7) is 2.24. The summed E-state index contributed by atoms with van der Waals surface area (Å²) in [5, 5.41) is 9.72. The van der Waals surface area contributed by atoms with E-state index < -0.39 is 0 Å². The first kappa shape index (κ1) is 12.2. The SMILES string of the molecule is Cc1ccccc1-c1cc(CCO)ccc1Cl. The summed E-state index contributed by atoms with van der Waals surface area (Å²) in [6.07, 6.45) is 0.663. The third kappa shape index (κ3) is 2.68. The standard InChI is InChI=1S/C15H15ClO/c1-11-4-2-3-5-13(11)14-10-12(8-9-17)6-7-15(14)16/h2-7,10,17H,8-9H2,1H3. The molecule has 0 spiro atoms. The molecule has 1 N–H and O–H groups in total. The Morgan fingerprint density at radius 3 is 2.53 bits per heavy atom. The summed E-state index contributed by atoms with van der Waals surface area (Å²) in [7, 11) is 0. The van der Waals surface area contributed by atoms with Crippen LogP contribution in [0.2, 0.25) is 5.02 Å². The summed E-state index contributed by atoms with van der Waals surface area (Å²) in [6, 6.07) is 14.1. The fraction of sp³-hybridized carbons (Fsp3) is 0.200. The molecule has 0 aromatic heterocycles. The van der Waals surface area contributed by atoms with Crippen molar-refractivity contribution in [2.75, 3.05) is 6.61 Å². The van der Waals surface area contributed by atoms with Crippen molar-refractivity contribution in [1.29, 1.82) is 0 Å². The molecule has 0 aliphatic carbocycles. The molecule has 0 bridgehead atoms. The lowest BCUT2D eigenvalue weighted by Gasteiger charge is -2.10. The zero-order chi connectivity index (χ0) is 12.3. The highest BCUT2D eigenvalue weighted by atomic mass is 35.5. The summed E-state index contributed by atoms with van der Waals surface area (Å²) in [5.41, 5.74) is 4.50. The fourth-order valence-corrected chi connectivity index (χ4v) is 2.16. The Hall–Kier alpha value is -1.31. The molecule has 0 heterocycles. The fourth-order valence-electron chi connectivity index (χ4n) is 1.94. The van der Waals surface area contributed by atoms with E-state index in [-0.39, 0.29) is 6.61 Å². The Morgan fingerprint density at radius 2 is 1.82 bits per heavy atom. The number of rotatable bonds is 3. The molecule has 0 saturated heterocycles. The van der Waals surface area contributed by atoms with Crippen LogP contribution < -0.4 is 0 Å². The van der Waals surface area contributed by atoms with E-state index in [9.17, 15) is 0 Å². The molecule has 0 aliphatic heterocycles. The Morgan fingerprint density at radius 1 is 1.06 bits per heavy atom. The summed E-state index contributed by atoms with van der Waals surface area (Å²) >= 11 is 6.24. The van der Waals surface area contributed by atoms with Crippen molar-refractivity contribution in [3.8, 4) is 11.1 Å². The highest BCUT2D eigenvalue weighted by Gasteiger charge is 2.06. The van der Waals surface area contributed by atoms with Gasteiger partial charge in [-0.3, -0.25) is 0 Å². The van der Waals surface area contributed by atoms with Crippen molar-refractivity contribution in [3.63, 3.8) is 0 Å². The number of aryl methyl sites for hydroxylation is 1. The zero-order valence-corrected chi connectivity index (χ0v) is 10.5. The number of hydrogen-bond acceptors (Lipinski definition) is 1. The van der Waals surface area contributed by atoms with E-state index in [1.807, 2.05) is 24.3 Å². The van der Waals surface area contributed by atoms with E-state index in [4.69, 9.17) is 16.7 Å². The van der Waals surface area contributed by atoms with Gasteiger partial charge in [-0.2, -0.15) is 0 Å². The Labute approximate surface area is 107 Å². The first-order valence-corrected chi connectivity index (χ1v) is 6.05. The molecular formula is C15H15ClO. The number of aliphatic hydroxyl groups is 1. The molecule has 1 nitrogen and oxygen atoms in total. The largest absolute Gasteiger partial charge is 0.396 e. The van der Waals surface area contributed by atoms with Gasteiger partial charge in [0, 0.05) is 17.2 Å². The van der Waals surface area contributed by atoms with Gasteiger partial charge in [0.1, 0.15) is 0 Å². The number of aliphatic hydroxyl groups excluding tert-OH is 1. The monoisotopic (exact) mass is 246 g/mol. The Kier molecular flexibility index (Phi) is 3.82. The molecule has 2 rings (SSSR count). The average Bonchev–Trinajstić information content (AvgIpc) is 2.33. The average molecular weight is 247 g/mol. The minimum absolute atomic E-state index is 0.162. The lowest BCUT2D eigenvalue weighted by molar-refractivity contribution is 0.299. The molecule has 17 heavy (non-hydrogen) atoms. The normalized spacial score (nSPS) is 10.5. The van der Waals surface area contributed by atoms with Crippen LogP contribution in [0.1, 0.15) is 11.1 Å². The molecule has 0 unspecified atom stereocenters. The highest BCUT2D eigenvalue weighted by molar-refractivity contribution is 6.33. The molecule has 2 heteroatoms. The van der Waals surface area contributed by atoms with Crippen molar-refractivity contribution in [3.05, 3.63) is 58.6 Å². The zero-order valence-electron chi connectivity index (χ0n) is 9.78. The Balaban J connectivity index is 2.51. The molecule has 0 radical (unpaired) electrons. The maximum Gasteiger partial charge on any atom is 0.0484 e. The van der Waals surface area contributed by atoms with Gasteiger partial charge in [-0.25, -0.2) is 0 Å². The summed E-state index contributed by atoms with van der Waals surface area (Å²) in [5.74, 6) is 0. The van der Waals surface area contributed by atoms with Crippen molar-refractivity contribution in [2.24, 2.45) is 0 Å². The molecule has 0 aliphatic rings. The van der Waals surface area contributed by atoms with Gasteiger partial charge in [-0.05, 0) is 42.2 Å². The molecule has 0 atom stereocenters. The van der Waals surface area contributed by atoms with E-state index >= 15 is 0 Å². The summed E-state index contributed by atoms with van der Waals surface area (Å²) in [4.78, 5) is 0. The van der Waals surface area contributed by atoms with Crippen LogP contribution in [0.3, 0.4) is 0 Å². The van der Waals surface area contributed by atoms with E-state index in [1.54, 1.807) is 0 Å². The first-order chi connectivity index (χ1) is 8.22. The second kappa shape index (κ2) is 5.35. The predicted octanol–water partition coefficient (Wildman–Crippen LogP) is 3.85. The van der Waals surface area contributed by atoms with Crippen LogP contribution in [0.25, 0.3) is 11.1 Å². The van der Waals surface area contributed by atoms with Crippen LogP contribution in [0.15, 0.2) is 42.5 Å². The van der Waals surface area contributed by atoms with Crippen LogP contribution in [0.5, 0.6) is 0 Å². The minimum Gasteiger partial charge on any atom is -0.396 e. The smallest absolute Gasteiger partial charge is 0.0484 e. The van der Waals surface area contributed by atoms with E-state index in [1.165, 1.54) is 5.56 Å². The molecular weight excluding hydrogens is 232 g/mol. The van der Waals surface area contributed by atoms with Crippen molar-refractivity contribution in [1.82, 2.24) is 0 Å². The second-order valence-corrected chi connectivity index (χ2v) is 4.51. The quantitative estimate of drug-likeness (QED) is 0.872.